The van der Waals surface area contributed by atoms with Crippen LogP contribution in [0.4, 0.5) is 0 Å². The maximum absolute atomic E-state index is 3.81. The molecule has 1 saturated carbocycles. The molecule has 2 heteroatoms. The first kappa shape index (κ1) is 8.52. The minimum absolute atomic E-state index is 0.294. The third-order valence-electron chi connectivity index (χ3n) is 3.19. The molecule has 12 heavy (non-hydrogen) atoms. The molecular formula is C10H20N2. The molecule has 2 fully saturated rings. The second-order valence-corrected chi connectivity index (χ2v) is 5.10. The highest BCUT2D eigenvalue weighted by Gasteiger charge is 2.40. The normalized spacial score (nSPS) is 32.5. The maximum atomic E-state index is 3.81. The third-order valence-corrected chi connectivity index (χ3v) is 3.19. The zero-order valence-corrected chi connectivity index (χ0v) is 8.24. The first-order chi connectivity index (χ1) is 5.62. The van der Waals surface area contributed by atoms with Crippen LogP contribution in [0.2, 0.25) is 0 Å². The Bertz CT molecular complexity index is 169. The molecule has 0 aromatic heterocycles. The summed E-state index contributed by atoms with van der Waals surface area (Å²) in [6.45, 7) is 6.86. The van der Waals surface area contributed by atoms with E-state index in [-0.39, 0.29) is 0 Å². The second kappa shape index (κ2) is 2.71. The van der Waals surface area contributed by atoms with E-state index in [9.17, 15) is 0 Å². The summed E-state index contributed by atoms with van der Waals surface area (Å²) in [5.41, 5.74) is 0.740. The number of piperazine rings is 1. The molecule has 1 heterocycles. The van der Waals surface area contributed by atoms with E-state index in [0.29, 0.717) is 11.1 Å². The highest BCUT2D eigenvalue weighted by atomic mass is 15.2. The summed E-state index contributed by atoms with van der Waals surface area (Å²) in [5.74, 6) is 0. The average Bonchev–Trinajstić information content (AvgIpc) is 2.34. The molecule has 0 amide bonds. The summed E-state index contributed by atoms with van der Waals surface area (Å²) in [6.07, 6.45) is 5.54. The topological polar surface area (TPSA) is 24.1 Å². The standard InChI is InChI=1S/C10H20N2/c1-9(2)7-11-8-10(12-9)5-3-4-6-10/h11-12H,3-8H2,1-2H3. The number of hydrogen-bond acceptors (Lipinski definition) is 2. The molecule has 0 atom stereocenters. The second-order valence-electron chi connectivity index (χ2n) is 5.10. The van der Waals surface area contributed by atoms with Gasteiger partial charge in [-0.2, -0.15) is 0 Å². The van der Waals surface area contributed by atoms with Crippen molar-refractivity contribution in [1.29, 1.82) is 0 Å². The largest absolute Gasteiger partial charge is 0.313 e. The number of hydrogen-bond donors (Lipinski definition) is 2. The molecule has 0 aromatic carbocycles. The van der Waals surface area contributed by atoms with Crippen LogP contribution in [0.15, 0.2) is 0 Å². The molecule has 0 bridgehead atoms. The van der Waals surface area contributed by atoms with Gasteiger partial charge in [-0.3, -0.25) is 0 Å². The Morgan fingerprint density at radius 2 is 1.67 bits per heavy atom. The van der Waals surface area contributed by atoms with Crippen LogP contribution in [0, 0.1) is 0 Å². The van der Waals surface area contributed by atoms with Gasteiger partial charge in [-0.1, -0.05) is 12.8 Å². The lowest BCUT2D eigenvalue weighted by molar-refractivity contribution is 0.175. The summed E-state index contributed by atoms with van der Waals surface area (Å²) in [7, 11) is 0. The van der Waals surface area contributed by atoms with E-state index in [0.717, 1.165) is 6.54 Å². The number of rotatable bonds is 0. The van der Waals surface area contributed by atoms with Crippen LogP contribution in [0.25, 0.3) is 0 Å². The molecule has 0 unspecified atom stereocenters. The van der Waals surface area contributed by atoms with Gasteiger partial charge in [0.15, 0.2) is 0 Å². The highest BCUT2D eigenvalue weighted by molar-refractivity contribution is 5.03. The van der Waals surface area contributed by atoms with Crippen molar-refractivity contribution < 1.29 is 0 Å². The molecule has 2 N–H and O–H groups in total. The fourth-order valence-electron chi connectivity index (χ4n) is 2.77. The first-order valence-electron chi connectivity index (χ1n) is 5.12. The van der Waals surface area contributed by atoms with E-state index in [2.05, 4.69) is 24.5 Å². The van der Waals surface area contributed by atoms with Gasteiger partial charge in [0.25, 0.3) is 0 Å². The minimum atomic E-state index is 0.294. The average molecular weight is 168 g/mol. The van der Waals surface area contributed by atoms with Crippen LogP contribution in [0.5, 0.6) is 0 Å². The van der Waals surface area contributed by atoms with Crippen molar-refractivity contribution in [2.75, 3.05) is 13.1 Å². The van der Waals surface area contributed by atoms with Crippen molar-refractivity contribution in [3.63, 3.8) is 0 Å². The predicted molar refractivity (Wildman–Crippen MR) is 51.3 cm³/mol. The van der Waals surface area contributed by atoms with Crippen LogP contribution in [-0.2, 0) is 0 Å². The monoisotopic (exact) mass is 168 g/mol. The Balaban J connectivity index is 2.07. The summed E-state index contributed by atoms with van der Waals surface area (Å²) in [6, 6.07) is 0. The summed E-state index contributed by atoms with van der Waals surface area (Å²) in [5, 5.41) is 7.35. The van der Waals surface area contributed by atoms with Crippen molar-refractivity contribution >= 4 is 0 Å². The zero-order chi connectivity index (χ0) is 8.66. The van der Waals surface area contributed by atoms with E-state index in [4.69, 9.17) is 0 Å². The lowest BCUT2D eigenvalue weighted by Gasteiger charge is -2.45. The smallest absolute Gasteiger partial charge is 0.0311 e. The fraction of sp³-hybridized carbons (Fsp3) is 1.00. The third kappa shape index (κ3) is 1.50. The van der Waals surface area contributed by atoms with Gasteiger partial charge in [-0.15, -0.1) is 0 Å². The molecule has 2 nitrogen and oxygen atoms in total. The molecular weight excluding hydrogens is 148 g/mol. The SMILES string of the molecule is CC1(C)CNCC2(CCCC2)N1. The predicted octanol–water partition coefficient (Wildman–Crippen LogP) is 1.27. The van der Waals surface area contributed by atoms with Gasteiger partial charge in [-0.25, -0.2) is 0 Å². The molecule has 2 rings (SSSR count). The van der Waals surface area contributed by atoms with Crippen LogP contribution in [-0.4, -0.2) is 24.2 Å². The summed E-state index contributed by atoms with van der Waals surface area (Å²) >= 11 is 0. The fourth-order valence-corrected chi connectivity index (χ4v) is 2.77. The Morgan fingerprint density at radius 1 is 1.00 bits per heavy atom. The lowest BCUT2D eigenvalue weighted by Crippen LogP contribution is -2.67. The molecule has 0 aromatic rings. The Hall–Kier alpha value is -0.0800. The first-order valence-corrected chi connectivity index (χ1v) is 5.12. The Kier molecular flexibility index (Phi) is 1.92. The van der Waals surface area contributed by atoms with Gasteiger partial charge < -0.3 is 10.6 Å². The molecule has 70 valence electrons. The molecule has 1 spiro atoms. The van der Waals surface area contributed by atoms with Crippen molar-refractivity contribution in [3.8, 4) is 0 Å². The highest BCUT2D eigenvalue weighted by Crippen LogP contribution is 2.32. The van der Waals surface area contributed by atoms with Gasteiger partial charge in [0.2, 0.25) is 0 Å². The quantitative estimate of drug-likeness (QED) is 0.569. The van der Waals surface area contributed by atoms with Crippen molar-refractivity contribution in [2.45, 2.75) is 50.6 Å². The van der Waals surface area contributed by atoms with Crippen LogP contribution < -0.4 is 10.6 Å². The molecule has 0 radical (unpaired) electrons. The van der Waals surface area contributed by atoms with Crippen LogP contribution in [0.1, 0.15) is 39.5 Å². The van der Waals surface area contributed by atoms with E-state index in [1.54, 1.807) is 0 Å². The van der Waals surface area contributed by atoms with Gasteiger partial charge in [0.1, 0.15) is 0 Å². The van der Waals surface area contributed by atoms with E-state index >= 15 is 0 Å². The van der Waals surface area contributed by atoms with Crippen LogP contribution >= 0.6 is 0 Å². The molecule has 1 aliphatic heterocycles. The van der Waals surface area contributed by atoms with E-state index < -0.39 is 0 Å². The Labute approximate surface area is 75.1 Å². The van der Waals surface area contributed by atoms with Gasteiger partial charge in [0.05, 0.1) is 0 Å². The summed E-state index contributed by atoms with van der Waals surface area (Å²) < 4.78 is 0. The van der Waals surface area contributed by atoms with Crippen molar-refractivity contribution in [2.24, 2.45) is 0 Å². The van der Waals surface area contributed by atoms with Crippen molar-refractivity contribution in [3.05, 3.63) is 0 Å². The summed E-state index contributed by atoms with van der Waals surface area (Å²) in [4.78, 5) is 0. The lowest BCUT2D eigenvalue weighted by atomic mass is 9.88. The van der Waals surface area contributed by atoms with Gasteiger partial charge in [-0.05, 0) is 26.7 Å². The van der Waals surface area contributed by atoms with E-state index in [1.165, 1.54) is 32.2 Å². The zero-order valence-electron chi connectivity index (χ0n) is 8.24. The van der Waals surface area contributed by atoms with Crippen LogP contribution in [0.3, 0.4) is 0 Å². The van der Waals surface area contributed by atoms with Gasteiger partial charge >= 0.3 is 0 Å². The Morgan fingerprint density at radius 3 is 2.25 bits per heavy atom. The molecule has 2 aliphatic rings. The molecule has 1 aliphatic carbocycles. The van der Waals surface area contributed by atoms with Gasteiger partial charge in [0, 0.05) is 24.2 Å². The minimum Gasteiger partial charge on any atom is -0.313 e. The van der Waals surface area contributed by atoms with Crippen molar-refractivity contribution in [1.82, 2.24) is 10.6 Å². The maximum Gasteiger partial charge on any atom is 0.0311 e. The number of nitrogens with one attached hydrogen (secondary N) is 2. The molecule has 1 saturated heterocycles. The van der Waals surface area contributed by atoms with E-state index in [1.807, 2.05) is 0 Å².